The van der Waals surface area contributed by atoms with Gasteiger partial charge in [0, 0.05) is 18.1 Å². The molecule has 0 fully saturated rings. The Labute approximate surface area is 166 Å². The Hall–Kier alpha value is -2.33. The van der Waals surface area contributed by atoms with Crippen molar-refractivity contribution in [2.45, 2.75) is 46.2 Å². The van der Waals surface area contributed by atoms with E-state index in [1.54, 1.807) is 24.0 Å². The molecular weight excluding hydrogens is 360 g/mol. The normalized spacial score (nSPS) is 11.7. The van der Waals surface area contributed by atoms with Gasteiger partial charge < -0.3 is 10.2 Å². The molecule has 0 bridgehead atoms. The molecule has 2 rings (SSSR count). The number of aryl methyl sites for hydroxylation is 1. The van der Waals surface area contributed by atoms with E-state index in [0.717, 1.165) is 23.1 Å². The SMILES string of the molecule is CCCNC(=O)C(C)N(Cc1ccc(Cl)cc1)C(=O)Cc1ccc(C)cc1. The number of nitrogens with one attached hydrogen (secondary N) is 1. The Morgan fingerprint density at radius 2 is 1.63 bits per heavy atom. The quantitative estimate of drug-likeness (QED) is 0.741. The third kappa shape index (κ3) is 6.40. The van der Waals surface area contributed by atoms with Gasteiger partial charge in [-0.3, -0.25) is 9.59 Å². The smallest absolute Gasteiger partial charge is 0.242 e. The fraction of sp³-hybridized carbons (Fsp3) is 0.364. The Morgan fingerprint density at radius 1 is 1.04 bits per heavy atom. The highest BCUT2D eigenvalue weighted by atomic mass is 35.5. The van der Waals surface area contributed by atoms with Gasteiger partial charge in [0.25, 0.3) is 0 Å². The van der Waals surface area contributed by atoms with Crippen LogP contribution in [0, 0.1) is 6.92 Å². The van der Waals surface area contributed by atoms with Gasteiger partial charge in [-0.15, -0.1) is 0 Å². The van der Waals surface area contributed by atoms with Gasteiger partial charge in [-0.25, -0.2) is 0 Å². The highest BCUT2D eigenvalue weighted by Crippen LogP contribution is 2.15. The van der Waals surface area contributed by atoms with Crippen molar-refractivity contribution in [2.24, 2.45) is 0 Å². The van der Waals surface area contributed by atoms with Crippen LogP contribution in [-0.2, 0) is 22.6 Å². The molecule has 1 N–H and O–H groups in total. The van der Waals surface area contributed by atoms with Gasteiger partial charge in [-0.2, -0.15) is 0 Å². The maximum absolute atomic E-state index is 13.0. The predicted molar refractivity (Wildman–Crippen MR) is 110 cm³/mol. The van der Waals surface area contributed by atoms with Crippen LogP contribution >= 0.6 is 11.6 Å². The Kier molecular flexibility index (Phi) is 7.86. The molecular formula is C22H27ClN2O2. The summed E-state index contributed by atoms with van der Waals surface area (Å²) in [6, 6.07) is 14.7. The van der Waals surface area contributed by atoms with Crippen LogP contribution in [0.1, 0.15) is 37.0 Å². The molecule has 0 aliphatic carbocycles. The van der Waals surface area contributed by atoms with Crippen LogP contribution in [0.4, 0.5) is 0 Å². The van der Waals surface area contributed by atoms with Crippen LogP contribution in [0.15, 0.2) is 48.5 Å². The van der Waals surface area contributed by atoms with Crippen LogP contribution in [0.2, 0.25) is 5.02 Å². The second-order valence-corrected chi connectivity index (χ2v) is 7.21. The van der Waals surface area contributed by atoms with Gasteiger partial charge in [0.05, 0.1) is 6.42 Å². The first-order valence-corrected chi connectivity index (χ1v) is 9.65. The average Bonchev–Trinajstić information content (AvgIpc) is 2.66. The van der Waals surface area contributed by atoms with Gasteiger partial charge >= 0.3 is 0 Å². The first-order valence-electron chi connectivity index (χ1n) is 9.28. The van der Waals surface area contributed by atoms with E-state index >= 15 is 0 Å². The number of carbonyl (C=O) groups excluding carboxylic acids is 2. The minimum absolute atomic E-state index is 0.0760. The summed E-state index contributed by atoms with van der Waals surface area (Å²) >= 11 is 5.96. The predicted octanol–water partition coefficient (Wildman–Crippen LogP) is 4.13. The van der Waals surface area contributed by atoms with Crippen LogP contribution in [0.3, 0.4) is 0 Å². The Bertz CT molecular complexity index is 757. The number of benzene rings is 2. The van der Waals surface area contributed by atoms with E-state index in [-0.39, 0.29) is 18.2 Å². The molecule has 0 saturated heterocycles. The monoisotopic (exact) mass is 386 g/mol. The molecule has 0 spiro atoms. The van der Waals surface area contributed by atoms with E-state index in [9.17, 15) is 9.59 Å². The standard InChI is InChI=1S/C22H27ClN2O2/c1-4-13-24-22(27)17(3)25(15-19-9-11-20(23)12-10-19)21(26)14-18-7-5-16(2)6-8-18/h5-12,17H,4,13-15H2,1-3H3,(H,24,27). The van der Waals surface area contributed by atoms with Crippen LogP contribution in [0.5, 0.6) is 0 Å². The molecule has 5 heteroatoms. The third-order valence-corrected chi connectivity index (χ3v) is 4.71. The van der Waals surface area contributed by atoms with Crippen molar-refractivity contribution >= 4 is 23.4 Å². The van der Waals surface area contributed by atoms with Crippen molar-refractivity contribution in [1.82, 2.24) is 10.2 Å². The second-order valence-electron chi connectivity index (χ2n) is 6.78. The number of amides is 2. The van der Waals surface area contributed by atoms with Gasteiger partial charge in [0.15, 0.2) is 0 Å². The second kappa shape index (κ2) is 10.1. The van der Waals surface area contributed by atoms with Crippen molar-refractivity contribution < 1.29 is 9.59 Å². The molecule has 0 saturated carbocycles. The molecule has 144 valence electrons. The molecule has 1 atom stereocenters. The Balaban J connectivity index is 2.18. The lowest BCUT2D eigenvalue weighted by atomic mass is 10.1. The van der Waals surface area contributed by atoms with Crippen molar-refractivity contribution in [3.05, 3.63) is 70.2 Å². The number of carbonyl (C=O) groups is 2. The maximum atomic E-state index is 13.0. The molecule has 1 unspecified atom stereocenters. The lowest BCUT2D eigenvalue weighted by molar-refractivity contribution is -0.140. The maximum Gasteiger partial charge on any atom is 0.242 e. The lowest BCUT2D eigenvalue weighted by Crippen LogP contribution is -2.48. The summed E-state index contributed by atoms with van der Waals surface area (Å²) in [6.07, 6.45) is 1.12. The highest BCUT2D eigenvalue weighted by molar-refractivity contribution is 6.30. The zero-order chi connectivity index (χ0) is 19.8. The molecule has 0 radical (unpaired) electrons. The number of halogens is 1. The summed E-state index contributed by atoms with van der Waals surface area (Å²) in [6.45, 7) is 6.75. The first kappa shape index (κ1) is 21.0. The molecule has 27 heavy (non-hydrogen) atoms. The molecule has 0 aromatic heterocycles. The molecule has 0 aliphatic heterocycles. The van der Waals surface area contributed by atoms with E-state index in [0.29, 0.717) is 18.1 Å². The highest BCUT2D eigenvalue weighted by Gasteiger charge is 2.25. The molecule has 2 aromatic rings. The van der Waals surface area contributed by atoms with Crippen molar-refractivity contribution in [2.75, 3.05) is 6.54 Å². The van der Waals surface area contributed by atoms with Crippen LogP contribution in [-0.4, -0.2) is 29.3 Å². The Morgan fingerprint density at radius 3 is 2.22 bits per heavy atom. The number of nitrogens with zero attached hydrogens (tertiary/aromatic N) is 1. The van der Waals surface area contributed by atoms with E-state index in [1.165, 1.54) is 0 Å². The largest absolute Gasteiger partial charge is 0.354 e. The van der Waals surface area contributed by atoms with E-state index in [1.807, 2.05) is 50.2 Å². The summed E-state index contributed by atoms with van der Waals surface area (Å²) in [4.78, 5) is 27.1. The topological polar surface area (TPSA) is 49.4 Å². The molecule has 0 heterocycles. The van der Waals surface area contributed by atoms with Gasteiger partial charge in [0.2, 0.25) is 11.8 Å². The van der Waals surface area contributed by atoms with Gasteiger partial charge in [-0.05, 0) is 43.5 Å². The average molecular weight is 387 g/mol. The molecule has 2 aromatic carbocycles. The van der Waals surface area contributed by atoms with Crippen LogP contribution in [0.25, 0.3) is 0 Å². The summed E-state index contributed by atoms with van der Waals surface area (Å²) in [7, 11) is 0. The molecule has 4 nitrogen and oxygen atoms in total. The van der Waals surface area contributed by atoms with Gasteiger partial charge in [-0.1, -0.05) is 60.5 Å². The summed E-state index contributed by atoms with van der Waals surface area (Å²) in [5.41, 5.74) is 3.02. The third-order valence-electron chi connectivity index (χ3n) is 4.46. The zero-order valence-electron chi connectivity index (χ0n) is 16.2. The fourth-order valence-electron chi connectivity index (χ4n) is 2.75. The van der Waals surface area contributed by atoms with E-state index < -0.39 is 6.04 Å². The molecule has 2 amide bonds. The summed E-state index contributed by atoms with van der Waals surface area (Å²) in [5, 5.41) is 3.52. The minimum atomic E-state index is -0.551. The van der Waals surface area contributed by atoms with E-state index in [2.05, 4.69) is 5.32 Å². The van der Waals surface area contributed by atoms with E-state index in [4.69, 9.17) is 11.6 Å². The van der Waals surface area contributed by atoms with Crippen molar-refractivity contribution in [3.63, 3.8) is 0 Å². The zero-order valence-corrected chi connectivity index (χ0v) is 16.9. The number of hydrogen-bond donors (Lipinski definition) is 1. The summed E-state index contributed by atoms with van der Waals surface area (Å²) in [5.74, 6) is -0.212. The lowest BCUT2D eigenvalue weighted by Gasteiger charge is -2.29. The summed E-state index contributed by atoms with van der Waals surface area (Å²) < 4.78 is 0. The van der Waals surface area contributed by atoms with Crippen molar-refractivity contribution in [3.8, 4) is 0 Å². The molecule has 0 aliphatic rings. The van der Waals surface area contributed by atoms with Crippen LogP contribution < -0.4 is 5.32 Å². The minimum Gasteiger partial charge on any atom is -0.354 e. The number of rotatable bonds is 8. The first-order chi connectivity index (χ1) is 12.9. The van der Waals surface area contributed by atoms with Crippen molar-refractivity contribution in [1.29, 1.82) is 0 Å². The number of hydrogen-bond acceptors (Lipinski definition) is 2. The fourth-order valence-corrected chi connectivity index (χ4v) is 2.87. The van der Waals surface area contributed by atoms with Gasteiger partial charge in [0.1, 0.15) is 6.04 Å².